The molecule has 1 heterocycles. The zero-order valence-corrected chi connectivity index (χ0v) is 16.1. The van der Waals surface area contributed by atoms with Crippen LogP contribution in [0, 0.1) is 0 Å². The quantitative estimate of drug-likeness (QED) is 0.703. The molecule has 24 heavy (non-hydrogen) atoms. The molecule has 1 aromatic rings. The third kappa shape index (κ3) is 3.23. The molecule has 0 aromatic heterocycles. The smallest absolute Gasteiger partial charge is 0.256 e. The van der Waals surface area contributed by atoms with E-state index in [2.05, 4.69) is 22.9 Å². The molecule has 3 rings (SSSR count). The number of hydrogen-bond acceptors (Lipinski definition) is 3. The third-order valence-electron chi connectivity index (χ3n) is 5.04. The number of amides is 1. The Kier molecular flexibility index (Phi) is 5.28. The fraction of sp³-hybridized carbons (Fsp3) is 0.579. The first-order valence-electron chi connectivity index (χ1n) is 8.83. The Bertz CT molecular complexity index is 651. The van der Waals surface area contributed by atoms with Gasteiger partial charge in [0.25, 0.3) is 5.91 Å². The first kappa shape index (κ1) is 17.5. The molecule has 0 bridgehead atoms. The number of carbonyl (C=O) groups excluding carboxylic acids is 1. The Morgan fingerprint density at radius 1 is 1.33 bits per heavy atom. The molecule has 1 saturated carbocycles. The van der Waals surface area contributed by atoms with E-state index in [9.17, 15) is 4.79 Å². The van der Waals surface area contributed by atoms with E-state index in [1.54, 1.807) is 7.11 Å². The van der Waals surface area contributed by atoms with E-state index in [-0.39, 0.29) is 5.91 Å². The number of hydrogen-bond donors (Lipinski definition) is 0. The SMILES string of the molecule is CCCCC1=NC2(CCCC2)C(=O)N1Cc1ccc(Br)c(OC)c1. The maximum Gasteiger partial charge on any atom is 0.256 e. The van der Waals surface area contributed by atoms with Crippen molar-refractivity contribution in [2.45, 2.75) is 64.0 Å². The van der Waals surface area contributed by atoms with Crippen LogP contribution >= 0.6 is 15.9 Å². The summed E-state index contributed by atoms with van der Waals surface area (Å²) in [6.45, 7) is 2.75. The number of carbonyl (C=O) groups is 1. The van der Waals surface area contributed by atoms with Crippen LogP contribution in [-0.2, 0) is 11.3 Å². The summed E-state index contributed by atoms with van der Waals surface area (Å²) in [5.74, 6) is 1.97. The summed E-state index contributed by atoms with van der Waals surface area (Å²) in [5, 5.41) is 0. The molecule has 1 amide bonds. The van der Waals surface area contributed by atoms with Gasteiger partial charge in [0, 0.05) is 6.42 Å². The van der Waals surface area contributed by atoms with Crippen molar-refractivity contribution in [2.75, 3.05) is 7.11 Å². The summed E-state index contributed by atoms with van der Waals surface area (Å²) < 4.78 is 6.31. The van der Waals surface area contributed by atoms with Gasteiger partial charge in [0.15, 0.2) is 0 Å². The van der Waals surface area contributed by atoms with E-state index in [0.29, 0.717) is 6.54 Å². The average molecular weight is 393 g/mol. The third-order valence-corrected chi connectivity index (χ3v) is 5.69. The number of rotatable bonds is 6. The number of benzene rings is 1. The number of ether oxygens (including phenoxy) is 1. The fourth-order valence-corrected chi connectivity index (χ4v) is 4.09. The van der Waals surface area contributed by atoms with Crippen LogP contribution in [0.5, 0.6) is 5.75 Å². The summed E-state index contributed by atoms with van der Waals surface area (Å²) in [7, 11) is 1.66. The highest BCUT2D eigenvalue weighted by atomic mass is 79.9. The highest BCUT2D eigenvalue weighted by Gasteiger charge is 2.49. The molecule has 1 spiro atoms. The predicted molar refractivity (Wildman–Crippen MR) is 99.4 cm³/mol. The Balaban J connectivity index is 1.84. The summed E-state index contributed by atoms with van der Waals surface area (Å²) in [6, 6.07) is 6.01. The van der Waals surface area contributed by atoms with Gasteiger partial charge in [-0.3, -0.25) is 14.7 Å². The van der Waals surface area contributed by atoms with Crippen LogP contribution in [0.4, 0.5) is 0 Å². The van der Waals surface area contributed by atoms with Crippen LogP contribution in [0.3, 0.4) is 0 Å². The zero-order valence-electron chi connectivity index (χ0n) is 14.5. The van der Waals surface area contributed by atoms with Gasteiger partial charge in [0.2, 0.25) is 0 Å². The van der Waals surface area contributed by atoms with Crippen LogP contribution in [0.2, 0.25) is 0 Å². The van der Waals surface area contributed by atoms with Crippen molar-refractivity contribution in [1.29, 1.82) is 0 Å². The maximum absolute atomic E-state index is 13.1. The first-order chi connectivity index (χ1) is 11.6. The van der Waals surface area contributed by atoms with E-state index in [1.807, 2.05) is 23.1 Å². The summed E-state index contributed by atoms with van der Waals surface area (Å²) in [4.78, 5) is 19.9. The number of amidine groups is 1. The van der Waals surface area contributed by atoms with Gasteiger partial charge in [-0.25, -0.2) is 0 Å². The summed E-state index contributed by atoms with van der Waals surface area (Å²) >= 11 is 3.48. The number of aliphatic imine (C=N–C) groups is 1. The van der Waals surface area contributed by atoms with Gasteiger partial charge in [0.05, 0.1) is 18.1 Å². The van der Waals surface area contributed by atoms with Gasteiger partial charge in [0.1, 0.15) is 17.1 Å². The molecule has 0 N–H and O–H groups in total. The van der Waals surface area contributed by atoms with E-state index >= 15 is 0 Å². The van der Waals surface area contributed by atoms with Crippen molar-refractivity contribution in [3.63, 3.8) is 0 Å². The van der Waals surface area contributed by atoms with Crippen molar-refractivity contribution < 1.29 is 9.53 Å². The molecular formula is C19H25BrN2O2. The molecule has 0 unspecified atom stereocenters. The lowest BCUT2D eigenvalue weighted by Crippen LogP contribution is -2.40. The van der Waals surface area contributed by atoms with Crippen LogP contribution in [-0.4, -0.2) is 29.3 Å². The van der Waals surface area contributed by atoms with Crippen LogP contribution in [0.25, 0.3) is 0 Å². The Morgan fingerprint density at radius 2 is 2.08 bits per heavy atom. The monoisotopic (exact) mass is 392 g/mol. The van der Waals surface area contributed by atoms with Crippen LogP contribution in [0.15, 0.2) is 27.7 Å². The van der Waals surface area contributed by atoms with Gasteiger partial charge in [-0.1, -0.05) is 32.3 Å². The molecule has 1 aliphatic carbocycles. The normalized spacial score (nSPS) is 19.2. The molecular weight excluding hydrogens is 368 g/mol. The van der Waals surface area contributed by atoms with Crippen LogP contribution in [0.1, 0.15) is 57.4 Å². The predicted octanol–water partition coefficient (Wildman–Crippen LogP) is 4.70. The largest absolute Gasteiger partial charge is 0.496 e. The molecule has 0 atom stereocenters. The van der Waals surface area contributed by atoms with Crippen LogP contribution < -0.4 is 4.74 Å². The molecule has 1 aliphatic heterocycles. The topological polar surface area (TPSA) is 41.9 Å². The standard InChI is InChI=1S/C19H25BrN2O2/c1-3-4-7-17-21-19(10-5-6-11-19)18(23)22(17)13-14-8-9-15(20)16(12-14)24-2/h8-9,12H,3-7,10-11,13H2,1-2H3. The van der Waals surface area contributed by atoms with Crippen molar-refractivity contribution in [2.24, 2.45) is 4.99 Å². The second-order valence-electron chi connectivity index (χ2n) is 6.73. The minimum absolute atomic E-state index is 0.202. The van der Waals surface area contributed by atoms with Gasteiger partial charge in [-0.05, 0) is 52.9 Å². The number of halogens is 1. The average Bonchev–Trinajstić information content (AvgIpc) is 3.16. The molecule has 0 radical (unpaired) electrons. The molecule has 130 valence electrons. The molecule has 0 saturated heterocycles. The summed E-state index contributed by atoms with van der Waals surface area (Å²) in [6.07, 6.45) is 7.09. The lowest BCUT2D eigenvalue weighted by molar-refractivity contribution is -0.131. The Morgan fingerprint density at radius 3 is 2.75 bits per heavy atom. The molecule has 4 nitrogen and oxygen atoms in total. The lowest BCUT2D eigenvalue weighted by Gasteiger charge is -2.23. The van der Waals surface area contributed by atoms with Crippen molar-refractivity contribution in [3.8, 4) is 5.75 Å². The Hall–Kier alpha value is -1.36. The maximum atomic E-state index is 13.1. The lowest BCUT2D eigenvalue weighted by atomic mass is 9.98. The molecule has 1 fully saturated rings. The fourth-order valence-electron chi connectivity index (χ4n) is 3.68. The molecule has 2 aliphatic rings. The Labute approximate surface area is 152 Å². The van der Waals surface area contributed by atoms with E-state index in [1.165, 1.54) is 0 Å². The van der Waals surface area contributed by atoms with Crippen molar-refractivity contribution in [3.05, 3.63) is 28.2 Å². The first-order valence-corrected chi connectivity index (χ1v) is 9.62. The molecule has 5 heteroatoms. The van der Waals surface area contributed by atoms with Gasteiger partial charge in [-0.2, -0.15) is 0 Å². The number of methoxy groups -OCH3 is 1. The van der Waals surface area contributed by atoms with Crippen molar-refractivity contribution in [1.82, 2.24) is 4.90 Å². The van der Waals surface area contributed by atoms with Gasteiger partial charge < -0.3 is 4.74 Å². The molecule has 1 aromatic carbocycles. The van der Waals surface area contributed by atoms with E-state index in [0.717, 1.165) is 66.6 Å². The number of unbranched alkanes of at least 4 members (excludes halogenated alkanes) is 1. The second-order valence-corrected chi connectivity index (χ2v) is 7.58. The van der Waals surface area contributed by atoms with Gasteiger partial charge >= 0.3 is 0 Å². The highest BCUT2D eigenvalue weighted by Crippen LogP contribution is 2.40. The number of nitrogens with zero attached hydrogens (tertiary/aromatic N) is 2. The van der Waals surface area contributed by atoms with E-state index in [4.69, 9.17) is 9.73 Å². The highest BCUT2D eigenvalue weighted by molar-refractivity contribution is 9.10. The van der Waals surface area contributed by atoms with Crippen molar-refractivity contribution >= 4 is 27.7 Å². The van der Waals surface area contributed by atoms with Gasteiger partial charge in [-0.15, -0.1) is 0 Å². The van der Waals surface area contributed by atoms with E-state index < -0.39 is 5.54 Å². The summed E-state index contributed by atoms with van der Waals surface area (Å²) in [5.41, 5.74) is 0.616. The minimum atomic E-state index is -0.456. The minimum Gasteiger partial charge on any atom is -0.496 e. The second kappa shape index (κ2) is 7.26. The zero-order chi connectivity index (χ0) is 17.2.